The van der Waals surface area contributed by atoms with Gasteiger partial charge in [-0.1, -0.05) is 39.7 Å². The molecule has 0 heterocycles. The van der Waals surface area contributed by atoms with E-state index in [9.17, 15) is 9.18 Å². The highest BCUT2D eigenvalue weighted by Gasteiger charge is 2.12. The number of aryl methyl sites for hydroxylation is 1. The fourth-order valence-electron chi connectivity index (χ4n) is 2.78. The van der Waals surface area contributed by atoms with Gasteiger partial charge in [-0.05, 0) is 66.1 Å². The number of hydrazone groups is 1. The first kappa shape index (κ1) is 23.6. The van der Waals surface area contributed by atoms with Gasteiger partial charge in [0.1, 0.15) is 12.4 Å². The van der Waals surface area contributed by atoms with E-state index in [-0.39, 0.29) is 17.4 Å². The van der Waals surface area contributed by atoms with Crippen molar-refractivity contribution in [2.24, 2.45) is 5.10 Å². The van der Waals surface area contributed by atoms with Crippen LogP contribution in [0.15, 0.2) is 64.2 Å². The number of rotatable bonds is 7. The second-order valence-electron chi connectivity index (χ2n) is 6.74. The van der Waals surface area contributed by atoms with Crippen LogP contribution in [0.1, 0.15) is 16.7 Å². The molecule has 0 spiro atoms. The molecule has 0 bridgehead atoms. The third kappa shape index (κ3) is 6.45. The largest absolute Gasteiger partial charge is 0.493 e. The summed E-state index contributed by atoms with van der Waals surface area (Å²) in [6.45, 7) is 2.05. The maximum Gasteiger partial charge on any atom is 0.339 e. The number of urea groups is 1. The first-order valence-electron chi connectivity index (χ1n) is 9.46. The summed E-state index contributed by atoms with van der Waals surface area (Å²) in [5.41, 5.74) is 5.27. The van der Waals surface area contributed by atoms with E-state index >= 15 is 0 Å². The summed E-state index contributed by atoms with van der Waals surface area (Å²) < 4.78 is 25.4. The molecule has 0 fully saturated rings. The number of hydrogen-bond donors (Lipinski definition) is 2. The van der Waals surface area contributed by atoms with Crippen LogP contribution in [0.4, 0.5) is 14.9 Å². The van der Waals surface area contributed by atoms with Gasteiger partial charge in [-0.15, -0.1) is 0 Å². The van der Waals surface area contributed by atoms with E-state index in [1.54, 1.807) is 30.3 Å². The molecule has 0 aliphatic carbocycles. The van der Waals surface area contributed by atoms with Gasteiger partial charge in [0.2, 0.25) is 0 Å². The summed E-state index contributed by atoms with van der Waals surface area (Å²) in [7, 11) is 1.48. The van der Waals surface area contributed by atoms with E-state index in [4.69, 9.17) is 21.1 Å². The van der Waals surface area contributed by atoms with E-state index in [0.717, 1.165) is 10.0 Å². The molecule has 3 aromatic carbocycles. The lowest BCUT2D eigenvalue weighted by molar-refractivity contribution is 0.252. The number of halogens is 3. The monoisotopic (exact) mass is 519 g/mol. The number of ether oxygens (including phenoxy) is 2. The molecule has 2 amide bonds. The highest BCUT2D eigenvalue weighted by molar-refractivity contribution is 9.10. The zero-order chi connectivity index (χ0) is 23.1. The summed E-state index contributed by atoms with van der Waals surface area (Å²) in [5.74, 6) is 0.361. The highest BCUT2D eigenvalue weighted by atomic mass is 79.9. The number of carbonyl (C=O) groups excluding carboxylic acids is 1. The Balaban J connectivity index is 1.63. The molecular formula is C23H20BrClFN3O3. The molecule has 6 nitrogen and oxygen atoms in total. The van der Waals surface area contributed by atoms with Crippen molar-refractivity contribution in [1.29, 1.82) is 0 Å². The van der Waals surface area contributed by atoms with Crippen LogP contribution in [0.2, 0.25) is 5.02 Å². The molecule has 166 valence electrons. The minimum atomic E-state index is -0.490. The Morgan fingerprint density at radius 3 is 2.75 bits per heavy atom. The van der Waals surface area contributed by atoms with Crippen LogP contribution in [-0.4, -0.2) is 19.4 Å². The Kier molecular flexibility index (Phi) is 8.08. The summed E-state index contributed by atoms with van der Waals surface area (Å²) in [6.07, 6.45) is 1.43. The van der Waals surface area contributed by atoms with E-state index in [2.05, 4.69) is 31.8 Å². The smallest absolute Gasteiger partial charge is 0.339 e. The Morgan fingerprint density at radius 2 is 2.03 bits per heavy atom. The van der Waals surface area contributed by atoms with Crippen LogP contribution in [0.3, 0.4) is 0 Å². The van der Waals surface area contributed by atoms with Gasteiger partial charge in [0, 0.05) is 10.2 Å². The number of methoxy groups -OCH3 is 1. The van der Waals surface area contributed by atoms with Gasteiger partial charge in [0.25, 0.3) is 0 Å². The lowest BCUT2D eigenvalue weighted by Crippen LogP contribution is -2.24. The van der Waals surface area contributed by atoms with Crippen molar-refractivity contribution in [2.75, 3.05) is 12.4 Å². The average molecular weight is 521 g/mol. The van der Waals surface area contributed by atoms with Crippen LogP contribution in [0.25, 0.3) is 0 Å². The minimum absolute atomic E-state index is 0.124. The number of nitrogens with one attached hydrogen (secondary N) is 2. The molecular weight excluding hydrogens is 501 g/mol. The lowest BCUT2D eigenvalue weighted by atomic mass is 10.2. The molecule has 0 unspecified atom stereocenters. The molecule has 0 saturated heterocycles. The van der Waals surface area contributed by atoms with Gasteiger partial charge in [-0.2, -0.15) is 5.10 Å². The average Bonchev–Trinajstić information content (AvgIpc) is 2.75. The third-order valence-corrected chi connectivity index (χ3v) is 5.49. The number of benzene rings is 3. The predicted octanol–water partition coefficient (Wildman–Crippen LogP) is 6.29. The Morgan fingerprint density at radius 1 is 1.22 bits per heavy atom. The van der Waals surface area contributed by atoms with Crippen LogP contribution in [0, 0.1) is 12.7 Å². The van der Waals surface area contributed by atoms with Crippen molar-refractivity contribution < 1.29 is 18.7 Å². The quantitative estimate of drug-likeness (QED) is 0.284. The SMILES string of the molecule is COc1cc(/C=N/NC(=O)Nc2ccc(Br)c(C)c2)cc(Cl)c1OCc1cccc(F)c1. The van der Waals surface area contributed by atoms with E-state index in [0.29, 0.717) is 28.3 Å². The standard InChI is InChI=1S/C23H20BrClFN3O3/c1-14-8-18(6-7-19(14)24)28-23(30)29-27-12-16-10-20(25)22(21(11-16)31-2)32-13-15-4-3-5-17(26)9-15/h3-12H,13H2,1-2H3,(H2,28,29,30)/b27-12+. The summed E-state index contributed by atoms with van der Waals surface area (Å²) in [6, 6.07) is 14.3. The third-order valence-electron chi connectivity index (χ3n) is 4.32. The van der Waals surface area contributed by atoms with E-state index < -0.39 is 6.03 Å². The molecule has 3 aromatic rings. The summed E-state index contributed by atoms with van der Waals surface area (Å²) >= 11 is 9.76. The molecule has 0 atom stereocenters. The molecule has 2 N–H and O–H groups in total. The Hall–Kier alpha value is -3.10. The number of carbonyl (C=O) groups is 1. The van der Waals surface area contributed by atoms with Gasteiger partial charge < -0.3 is 14.8 Å². The van der Waals surface area contributed by atoms with Crippen molar-refractivity contribution in [3.8, 4) is 11.5 Å². The van der Waals surface area contributed by atoms with Crippen LogP contribution in [0.5, 0.6) is 11.5 Å². The molecule has 9 heteroatoms. The maximum absolute atomic E-state index is 13.3. The van der Waals surface area contributed by atoms with Gasteiger partial charge in [0.05, 0.1) is 18.3 Å². The molecule has 0 aromatic heterocycles. The molecule has 0 saturated carbocycles. The zero-order valence-corrected chi connectivity index (χ0v) is 19.6. The second kappa shape index (κ2) is 11.0. The topological polar surface area (TPSA) is 72.0 Å². The molecule has 0 radical (unpaired) electrons. The molecule has 3 rings (SSSR count). The maximum atomic E-state index is 13.3. The summed E-state index contributed by atoms with van der Waals surface area (Å²) in [4.78, 5) is 12.0. The molecule has 32 heavy (non-hydrogen) atoms. The molecule has 0 aliphatic rings. The summed E-state index contributed by atoms with van der Waals surface area (Å²) in [5, 5.41) is 6.92. The van der Waals surface area contributed by atoms with E-state index in [1.165, 1.54) is 25.5 Å². The molecule has 0 aliphatic heterocycles. The lowest BCUT2D eigenvalue weighted by Gasteiger charge is -2.13. The number of hydrogen-bond acceptors (Lipinski definition) is 4. The first-order valence-corrected chi connectivity index (χ1v) is 10.6. The normalized spacial score (nSPS) is 10.8. The minimum Gasteiger partial charge on any atom is -0.493 e. The fraction of sp³-hybridized carbons (Fsp3) is 0.130. The second-order valence-corrected chi connectivity index (χ2v) is 8.00. The van der Waals surface area contributed by atoms with E-state index in [1.807, 2.05) is 19.1 Å². The zero-order valence-electron chi connectivity index (χ0n) is 17.3. The Labute approximate surface area is 198 Å². The number of amides is 2. The van der Waals surface area contributed by atoms with Crippen molar-refractivity contribution in [3.05, 3.63) is 86.6 Å². The fourth-order valence-corrected chi connectivity index (χ4v) is 3.30. The highest BCUT2D eigenvalue weighted by Crippen LogP contribution is 2.36. The first-order chi connectivity index (χ1) is 15.4. The van der Waals surface area contributed by atoms with Gasteiger partial charge in [0.15, 0.2) is 11.5 Å². The van der Waals surface area contributed by atoms with Crippen LogP contribution in [-0.2, 0) is 6.61 Å². The van der Waals surface area contributed by atoms with Crippen molar-refractivity contribution in [2.45, 2.75) is 13.5 Å². The Bertz CT molecular complexity index is 1160. The van der Waals surface area contributed by atoms with Crippen molar-refractivity contribution in [3.63, 3.8) is 0 Å². The van der Waals surface area contributed by atoms with Crippen LogP contribution >= 0.6 is 27.5 Å². The van der Waals surface area contributed by atoms with Crippen LogP contribution < -0.4 is 20.2 Å². The predicted molar refractivity (Wildman–Crippen MR) is 127 cm³/mol. The van der Waals surface area contributed by atoms with Gasteiger partial charge in [-0.3, -0.25) is 0 Å². The van der Waals surface area contributed by atoms with Crippen molar-refractivity contribution in [1.82, 2.24) is 5.43 Å². The van der Waals surface area contributed by atoms with Crippen molar-refractivity contribution >= 4 is 45.5 Å². The van der Waals surface area contributed by atoms with Gasteiger partial charge in [-0.25, -0.2) is 14.6 Å². The number of anilines is 1. The van der Waals surface area contributed by atoms with Gasteiger partial charge >= 0.3 is 6.03 Å². The number of nitrogens with zero attached hydrogens (tertiary/aromatic N) is 1.